The van der Waals surface area contributed by atoms with E-state index < -0.39 is 0 Å². The van der Waals surface area contributed by atoms with Gasteiger partial charge in [-0.2, -0.15) is 0 Å². The number of nitrogens with one attached hydrogen (secondary N) is 1. The van der Waals surface area contributed by atoms with E-state index in [-0.39, 0.29) is 12.4 Å². The Morgan fingerprint density at radius 1 is 1.05 bits per heavy atom. The maximum absolute atomic E-state index is 12.1. The van der Waals surface area contributed by atoms with Crippen LogP contribution in [0.1, 0.15) is 38.5 Å². The second-order valence-corrected chi connectivity index (χ2v) is 5.93. The van der Waals surface area contributed by atoms with E-state index in [1.165, 1.54) is 32.1 Å². The molecule has 5 heteroatoms. The van der Waals surface area contributed by atoms with Crippen LogP contribution in [0.5, 0.6) is 0 Å². The van der Waals surface area contributed by atoms with E-state index in [1.54, 1.807) is 0 Å². The van der Waals surface area contributed by atoms with Crippen molar-refractivity contribution in [3.8, 4) is 0 Å². The predicted octanol–water partition coefficient (Wildman–Crippen LogP) is 1.25. The van der Waals surface area contributed by atoms with Gasteiger partial charge in [-0.3, -0.25) is 9.69 Å². The van der Waals surface area contributed by atoms with Gasteiger partial charge in [-0.25, -0.2) is 0 Å². The fraction of sp³-hybridized carbons (Fsp3) is 0.929. The number of hydrogen-bond donors (Lipinski definition) is 1. The zero-order chi connectivity index (χ0) is 12.4. The van der Waals surface area contributed by atoms with E-state index in [0.29, 0.717) is 5.91 Å². The van der Waals surface area contributed by atoms with Crippen LogP contribution < -0.4 is 5.32 Å². The number of carbonyl (C=O) groups is 1. The molecule has 0 aromatic rings. The van der Waals surface area contributed by atoms with Crippen molar-refractivity contribution in [1.29, 1.82) is 0 Å². The third-order valence-corrected chi connectivity index (χ3v) is 4.90. The summed E-state index contributed by atoms with van der Waals surface area (Å²) >= 11 is 0. The first kappa shape index (κ1) is 15.1. The molecule has 3 aliphatic rings. The molecule has 19 heavy (non-hydrogen) atoms. The Labute approximate surface area is 122 Å². The summed E-state index contributed by atoms with van der Waals surface area (Å²) in [5.41, 5.74) is 0. The largest absolute Gasteiger partial charge is 0.340 e. The third kappa shape index (κ3) is 3.41. The lowest BCUT2D eigenvalue weighted by atomic mass is 10.0. The predicted molar refractivity (Wildman–Crippen MR) is 78.7 cm³/mol. The van der Waals surface area contributed by atoms with Gasteiger partial charge in [0.1, 0.15) is 0 Å². The van der Waals surface area contributed by atoms with E-state index in [9.17, 15) is 4.79 Å². The van der Waals surface area contributed by atoms with Gasteiger partial charge >= 0.3 is 0 Å². The van der Waals surface area contributed by atoms with Crippen LogP contribution >= 0.6 is 12.4 Å². The minimum atomic E-state index is 0. The molecule has 2 atom stereocenters. The van der Waals surface area contributed by atoms with Crippen LogP contribution in [0.2, 0.25) is 0 Å². The summed E-state index contributed by atoms with van der Waals surface area (Å²) in [5, 5.41) is 3.29. The highest BCUT2D eigenvalue weighted by Crippen LogP contribution is 2.35. The molecular formula is C14H26ClN3O. The molecule has 2 bridgehead atoms. The van der Waals surface area contributed by atoms with E-state index in [0.717, 1.165) is 51.2 Å². The number of halogens is 1. The average Bonchev–Trinajstić information content (AvgIpc) is 2.65. The molecule has 0 spiro atoms. The Morgan fingerprint density at radius 3 is 2.32 bits per heavy atom. The van der Waals surface area contributed by atoms with E-state index >= 15 is 0 Å². The quantitative estimate of drug-likeness (QED) is 0.849. The number of piperazine rings is 1. The summed E-state index contributed by atoms with van der Waals surface area (Å²) in [6.07, 6.45) is 7.58. The number of fused-ring (bicyclic) bond motifs is 2. The van der Waals surface area contributed by atoms with Gasteiger partial charge in [-0.05, 0) is 25.7 Å². The average molecular weight is 288 g/mol. The van der Waals surface area contributed by atoms with Crippen molar-refractivity contribution in [3.63, 3.8) is 0 Å². The number of nitrogens with zero attached hydrogens (tertiary/aromatic N) is 2. The molecule has 3 fully saturated rings. The smallest absolute Gasteiger partial charge is 0.223 e. The Hall–Kier alpha value is -0.320. The zero-order valence-electron chi connectivity index (χ0n) is 11.6. The van der Waals surface area contributed by atoms with E-state index in [4.69, 9.17) is 0 Å². The maximum Gasteiger partial charge on any atom is 0.223 e. The topological polar surface area (TPSA) is 35.6 Å². The lowest BCUT2D eigenvalue weighted by molar-refractivity contribution is -0.132. The van der Waals surface area contributed by atoms with Gasteiger partial charge in [0, 0.05) is 51.2 Å². The van der Waals surface area contributed by atoms with Gasteiger partial charge in [0.05, 0.1) is 0 Å². The fourth-order valence-electron chi connectivity index (χ4n) is 3.89. The summed E-state index contributed by atoms with van der Waals surface area (Å²) in [5.74, 6) is 0.362. The Bertz CT molecular complexity index is 291. The molecule has 4 nitrogen and oxygen atoms in total. The van der Waals surface area contributed by atoms with Crippen molar-refractivity contribution in [3.05, 3.63) is 0 Å². The van der Waals surface area contributed by atoms with Crippen molar-refractivity contribution in [1.82, 2.24) is 15.1 Å². The first-order valence-corrected chi connectivity index (χ1v) is 7.59. The van der Waals surface area contributed by atoms with Gasteiger partial charge in [-0.15, -0.1) is 12.4 Å². The van der Waals surface area contributed by atoms with E-state index in [1.807, 2.05) is 4.90 Å². The highest BCUT2D eigenvalue weighted by Gasteiger charge is 2.36. The minimum Gasteiger partial charge on any atom is -0.340 e. The van der Waals surface area contributed by atoms with Crippen LogP contribution in [-0.4, -0.2) is 60.5 Å². The van der Waals surface area contributed by atoms with Crippen molar-refractivity contribution in [2.24, 2.45) is 0 Å². The van der Waals surface area contributed by atoms with Gasteiger partial charge < -0.3 is 10.2 Å². The SMILES string of the molecule is Cl.O=C(CCN1C2CCCC1CC2)N1CCNCC1. The first-order valence-electron chi connectivity index (χ1n) is 7.59. The number of rotatable bonds is 3. The summed E-state index contributed by atoms with van der Waals surface area (Å²) in [4.78, 5) is 16.8. The summed E-state index contributed by atoms with van der Waals surface area (Å²) in [6.45, 7) is 4.71. The summed E-state index contributed by atoms with van der Waals surface area (Å²) in [7, 11) is 0. The first-order chi connectivity index (χ1) is 8.84. The molecular weight excluding hydrogens is 262 g/mol. The molecule has 1 amide bonds. The molecule has 0 aromatic heterocycles. The van der Waals surface area contributed by atoms with Crippen LogP contribution in [0.3, 0.4) is 0 Å². The molecule has 3 heterocycles. The van der Waals surface area contributed by atoms with Gasteiger partial charge in [0.2, 0.25) is 5.91 Å². The number of hydrogen-bond acceptors (Lipinski definition) is 3. The van der Waals surface area contributed by atoms with Crippen molar-refractivity contribution in [2.45, 2.75) is 50.6 Å². The van der Waals surface area contributed by atoms with Crippen LogP contribution in [0.4, 0.5) is 0 Å². The van der Waals surface area contributed by atoms with Gasteiger partial charge in [0.15, 0.2) is 0 Å². The van der Waals surface area contributed by atoms with Gasteiger partial charge in [-0.1, -0.05) is 6.42 Å². The molecule has 110 valence electrons. The molecule has 2 unspecified atom stereocenters. The highest BCUT2D eigenvalue weighted by molar-refractivity contribution is 5.85. The van der Waals surface area contributed by atoms with Crippen molar-refractivity contribution in [2.75, 3.05) is 32.7 Å². The van der Waals surface area contributed by atoms with Crippen molar-refractivity contribution >= 4 is 18.3 Å². The second-order valence-electron chi connectivity index (χ2n) is 5.93. The highest BCUT2D eigenvalue weighted by atomic mass is 35.5. The molecule has 0 aliphatic carbocycles. The Balaban J connectivity index is 0.00000133. The minimum absolute atomic E-state index is 0. The number of piperidine rings is 1. The normalized spacial score (nSPS) is 31.1. The van der Waals surface area contributed by atoms with Gasteiger partial charge in [0.25, 0.3) is 0 Å². The molecule has 0 radical (unpaired) electrons. The molecule has 0 saturated carbocycles. The second kappa shape index (κ2) is 6.91. The number of carbonyl (C=O) groups excluding carboxylic acids is 1. The Kier molecular flexibility index (Phi) is 5.48. The lowest BCUT2D eigenvalue weighted by Gasteiger charge is -2.35. The maximum atomic E-state index is 12.1. The van der Waals surface area contributed by atoms with Crippen LogP contribution in [-0.2, 0) is 4.79 Å². The molecule has 1 N–H and O–H groups in total. The molecule has 0 aromatic carbocycles. The summed E-state index contributed by atoms with van der Waals surface area (Å²) < 4.78 is 0. The van der Waals surface area contributed by atoms with Crippen LogP contribution in [0.15, 0.2) is 0 Å². The monoisotopic (exact) mass is 287 g/mol. The Morgan fingerprint density at radius 2 is 1.68 bits per heavy atom. The molecule has 3 saturated heterocycles. The standard InChI is InChI=1S/C14H25N3O.ClH/c18-14(16-10-7-15-8-11-16)6-9-17-12-2-1-3-13(17)5-4-12;/h12-13,15H,1-11H2;1H. The third-order valence-electron chi connectivity index (χ3n) is 4.90. The summed E-state index contributed by atoms with van der Waals surface area (Å²) in [6, 6.07) is 1.58. The zero-order valence-corrected chi connectivity index (χ0v) is 12.5. The number of amides is 1. The fourth-order valence-corrected chi connectivity index (χ4v) is 3.89. The van der Waals surface area contributed by atoms with Crippen LogP contribution in [0.25, 0.3) is 0 Å². The van der Waals surface area contributed by atoms with Crippen molar-refractivity contribution < 1.29 is 4.79 Å². The molecule has 3 rings (SSSR count). The molecule has 3 aliphatic heterocycles. The lowest BCUT2D eigenvalue weighted by Crippen LogP contribution is -2.48. The van der Waals surface area contributed by atoms with E-state index in [2.05, 4.69) is 10.2 Å². The van der Waals surface area contributed by atoms with Crippen LogP contribution in [0, 0.1) is 0 Å².